The van der Waals surface area contributed by atoms with Gasteiger partial charge in [-0.15, -0.1) is 10.2 Å². The predicted octanol–water partition coefficient (Wildman–Crippen LogP) is 3.89. The van der Waals surface area contributed by atoms with Crippen molar-refractivity contribution in [1.29, 1.82) is 0 Å². The second kappa shape index (κ2) is 8.73. The first-order valence-electron chi connectivity index (χ1n) is 7.19. The van der Waals surface area contributed by atoms with E-state index < -0.39 is 6.09 Å². The van der Waals surface area contributed by atoms with E-state index in [1.54, 1.807) is 18.7 Å². The van der Waals surface area contributed by atoms with Gasteiger partial charge in [-0.05, 0) is 31.9 Å². The van der Waals surface area contributed by atoms with Crippen LogP contribution in [-0.4, -0.2) is 35.3 Å². The summed E-state index contributed by atoms with van der Waals surface area (Å²) in [6, 6.07) is 6.09. The second-order valence-electron chi connectivity index (χ2n) is 4.64. The van der Waals surface area contributed by atoms with Crippen molar-refractivity contribution in [3.63, 3.8) is 0 Å². The topological polar surface area (TPSA) is 73.3 Å². The molecule has 23 heavy (non-hydrogen) atoms. The van der Waals surface area contributed by atoms with Gasteiger partial charge in [-0.3, -0.25) is 5.32 Å². The van der Waals surface area contributed by atoms with Crippen LogP contribution in [0.1, 0.15) is 18.1 Å². The molecule has 0 aliphatic rings. The Morgan fingerprint density at radius 1 is 1.30 bits per heavy atom. The highest BCUT2D eigenvalue weighted by Crippen LogP contribution is 2.26. The van der Waals surface area contributed by atoms with E-state index in [1.165, 1.54) is 11.3 Å². The summed E-state index contributed by atoms with van der Waals surface area (Å²) in [7, 11) is 0. The third kappa shape index (κ3) is 5.40. The lowest BCUT2D eigenvalue weighted by Crippen LogP contribution is -2.12. The molecule has 124 valence electrons. The highest BCUT2D eigenvalue weighted by molar-refractivity contribution is 8.01. The molecule has 6 nitrogen and oxygen atoms in total. The fourth-order valence-corrected chi connectivity index (χ4v) is 3.50. The van der Waals surface area contributed by atoms with Gasteiger partial charge in [0.05, 0.1) is 13.2 Å². The van der Waals surface area contributed by atoms with E-state index in [-0.39, 0.29) is 0 Å². The lowest BCUT2D eigenvalue weighted by Gasteiger charge is -2.11. The number of rotatable bonds is 7. The van der Waals surface area contributed by atoms with Crippen molar-refractivity contribution in [2.24, 2.45) is 0 Å². The molecule has 2 rings (SSSR count). The van der Waals surface area contributed by atoms with Crippen LogP contribution in [0.4, 0.5) is 9.93 Å². The summed E-state index contributed by atoms with van der Waals surface area (Å²) >= 11 is 2.85. The maximum Gasteiger partial charge on any atom is 0.413 e. The first-order chi connectivity index (χ1) is 11.1. The number of amides is 1. The van der Waals surface area contributed by atoms with Crippen LogP contribution in [0.3, 0.4) is 0 Å². The molecule has 0 saturated heterocycles. The van der Waals surface area contributed by atoms with Crippen molar-refractivity contribution in [3.05, 3.63) is 29.3 Å². The summed E-state index contributed by atoms with van der Waals surface area (Å²) in [4.78, 5) is 11.3. The standard InChI is InChI=1S/C15H19N3O3S2/c1-4-20-14(19)16-13-17-18-15(23-13)22-9-8-21-12-10(2)6-5-7-11(12)3/h5-7H,4,8-9H2,1-3H3,(H,16,17,19). The number of nitrogens with one attached hydrogen (secondary N) is 1. The van der Waals surface area contributed by atoms with E-state index in [0.29, 0.717) is 18.3 Å². The third-order valence-corrected chi connectivity index (χ3v) is 4.79. The van der Waals surface area contributed by atoms with Crippen LogP contribution in [0, 0.1) is 13.8 Å². The van der Waals surface area contributed by atoms with Crippen molar-refractivity contribution < 1.29 is 14.3 Å². The zero-order valence-electron chi connectivity index (χ0n) is 13.3. The van der Waals surface area contributed by atoms with Crippen molar-refractivity contribution in [2.45, 2.75) is 25.1 Å². The lowest BCUT2D eigenvalue weighted by atomic mass is 10.1. The minimum absolute atomic E-state index is 0.321. The molecule has 1 amide bonds. The SMILES string of the molecule is CCOC(=O)Nc1nnc(SCCOc2c(C)cccc2C)s1. The zero-order valence-corrected chi connectivity index (χ0v) is 14.9. The Morgan fingerprint density at radius 2 is 2.04 bits per heavy atom. The molecule has 2 aromatic rings. The van der Waals surface area contributed by atoms with Crippen molar-refractivity contribution in [3.8, 4) is 5.75 Å². The summed E-state index contributed by atoms with van der Waals surface area (Å²) in [5.74, 6) is 1.69. The molecule has 0 unspecified atom stereocenters. The molecule has 0 saturated carbocycles. The summed E-state index contributed by atoms with van der Waals surface area (Å²) in [6.45, 7) is 6.72. The summed E-state index contributed by atoms with van der Waals surface area (Å²) < 4.78 is 11.4. The molecular formula is C15H19N3O3S2. The number of carbonyl (C=O) groups is 1. The maximum atomic E-state index is 11.3. The van der Waals surface area contributed by atoms with Crippen molar-refractivity contribution in [1.82, 2.24) is 10.2 Å². The molecule has 0 bridgehead atoms. The molecule has 1 N–H and O–H groups in total. The van der Waals surface area contributed by atoms with Crippen LogP contribution in [0.25, 0.3) is 0 Å². The first-order valence-corrected chi connectivity index (χ1v) is 8.99. The van der Waals surface area contributed by atoms with Crippen LogP contribution in [0.15, 0.2) is 22.5 Å². The van der Waals surface area contributed by atoms with Gasteiger partial charge in [0.25, 0.3) is 0 Å². The number of ether oxygens (including phenoxy) is 2. The summed E-state index contributed by atoms with van der Waals surface area (Å²) in [5.41, 5.74) is 2.26. The molecule has 1 heterocycles. The smallest absolute Gasteiger partial charge is 0.413 e. The van der Waals surface area contributed by atoms with Crippen LogP contribution in [0.2, 0.25) is 0 Å². The average molecular weight is 353 g/mol. The first kappa shape index (κ1) is 17.6. The maximum absolute atomic E-state index is 11.3. The molecule has 1 aromatic heterocycles. The van der Waals surface area contributed by atoms with E-state index >= 15 is 0 Å². The van der Waals surface area contributed by atoms with Gasteiger partial charge in [-0.25, -0.2) is 4.79 Å². The van der Waals surface area contributed by atoms with Gasteiger partial charge in [0.15, 0.2) is 4.34 Å². The number of anilines is 1. The number of thioether (sulfide) groups is 1. The van der Waals surface area contributed by atoms with E-state index in [1.807, 2.05) is 32.0 Å². The molecule has 0 aliphatic carbocycles. The van der Waals surface area contributed by atoms with E-state index in [2.05, 4.69) is 15.5 Å². The summed E-state index contributed by atoms with van der Waals surface area (Å²) in [6.07, 6.45) is -0.515. The van der Waals surface area contributed by atoms with Gasteiger partial charge in [-0.1, -0.05) is 41.3 Å². The highest BCUT2D eigenvalue weighted by Gasteiger charge is 2.09. The average Bonchev–Trinajstić information content (AvgIpc) is 2.93. The van der Waals surface area contributed by atoms with Crippen LogP contribution in [-0.2, 0) is 4.74 Å². The summed E-state index contributed by atoms with van der Waals surface area (Å²) in [5, 5.41) is 10.9. The predicted molar refractivity (Wildman–Crippen MR) is 92.7 cm³/mol. The largest absolute Gasteiger partial charge is 0.492 e. The minimum Gasteiger partial charge on any atom is -0.492 e. The van der Waals surface area contributed by atoms with E-state index in [4.69, 9.17) is 9.47 Å². The number of hydrogen-bond acceptors (Lipinski definition) is 7. The Bertz CT molecular complexity index is 641. The number of aryl methyl sites for hydroxylation is 2. The van der Waals surface area contributed by atoms with E-state index in [0.717, 1.165) is 27.0 Å². The second-order valence-corrected chi connectivity index (χ2v) is 6.96. The number of nitrogens with zero attached hydrogens (tertiary/aromatic N) is 2. The number of benzene rings is 1. The molecular weight excluding hydrogens is 334 g/mol. The molecule has 0 atom stereocenters. The number of para-hydroxylation sites is 1. The highest BCUT2D eigenvalue weighted by atomic mass is 32.2. The number of hydrogen-bond donors (Lipinski definition) is 1. The molecule has 0 spiro atoms. The molecule has 0 radical (unpaired) electrons. The van der Waals surface area contributed by atoms with Crippen LogP contribution >= 0.6 is 23.1 Å². The normalized spacial score (nSPS) is 10.4. The van der Waals surface area contributed by atoms with Crippen molar-refractivity contribution >= 4 is 34.3 Å². The van der Waals surface area contributed by atoms with Gasteiger partial charge in [0.1, 0.15) is 5.75 Å². The van der Waals surface area contributed by atoms with Gasteiger partial charge in [-0.2, -0.15) is 0 Å². The van der Waals surface area contributed by atoms with Gasteiger partial charge < -0.3 is 9.47 Å². The van der Waals surface area contributed by atoms with Crippen LogP contribution in [0.5, 0.6) is 5.75 Å². The lowest BCUT2D eigenvalue weighted by molar-refractivity contribution is 0.168. The quantitative estimate of drug-likeness (QED) is 0.462. The Kier molecular flexibility index (Phi) is 6.66. The number of carbonyl (C=O) groups excluding carboxylic acids is 1. The fourth-order valence-electron chi connectivity index (χ4n) is 1.87. The Labute approximate surface area is 143 Å². The molecule has 1 aromatic carbocycles. The fraction of sp³-hybridized carbons (Fsp3) is 0.400. The Hall–Kier alpha value is -1.80. The van der Waals surface area contributed by atoms with Crippen molar-refractivity contribution in [2.75, 3.05) is 24.3 Å². The van der Waals surface area contributed by atoms with Gasteiger partial charge >= 0.3 is 6.09 Å². The van der Waals surface area contributed by atoms with Gasteiger partial charge in [0, 0.05) is 5.75 Å². The van der Waals surface area contributed by atoms with Crippen LogP contribution < -0.4 is 10.1 Å². The molecule has 0 aliphatic heterocycles. The molecule has 8 heteroatoms. The Morgan fingerprint density at radius 3 is 2.74 bits per heavy atom. The Balaban J connectivity index is 1.76. The monoisotopic (exact) mass is 353 g/mol. The minimum atomic E-state index is -0.515. The van der Waals surface area contributed by atoms with E-state index in [9.17, 15) is 4.79 Å². The number of aromatic nitrogens is 2. The zero-order chi connectivity index (χ0) is 16.7. The van der Waals surface area contributed by atoms with Gasteiger partial charge in [0.2, 0.25) is 5.13 Å². The molecule has 0 fully saturated rings. The third-order valence-electron chi connectivity index (χ3n) is 2.85.